The normalized spacial score (nSPS) is 12.2. The van der Waals surface area contributed by atoms with Gasteiger partial charge in [-0.15, -0.1) is 0 Å². The number of hydrogen-bond acceptors (Lipinski definition) is 3. The van der Waals surface area contributed by atoms with Gasteiger partial charge in [-0.05, 0) is 18.4 Å². The molecule has 4 heteroatoms. The maximum absolute atomic E-state index is 12.0. The quantitative estimate of drug-likeness (QED) is 0.906. The number of benzene rings is 2. The van der Waals surface area contributed by atoms with Crippen LogP contribution in [-0.2, 0) is 4.79 Å². The van der Waals surface area contributed by atoms with Gasteiger partial charge < -0.3 is 15.4 Å². The molecule has 0 fully saturated rings. The molecule has 20 heavy (non-hydrogen) atoms. The van der Waals surface area contributed by atoms with Crippen molar-refractivity contribution in [2.45, 2.75) is 13.0 Å². The number of nitrogens with zero attached hydrogens (tertiary/aromatic N) is 1. The van der Waals surface area contributed by atoms with Gasteiger partial charge in [-0.2, -0.15) is 0 Å². The minimum absolute atomic E-state index is 0.0126. The Hall–Kier alpha value is -2.07. The number of likely N-dealkylation sites (N-methyl/N-ethyl adjacent to an activating group) is 1. The molecule has 1 amide bonds. The van der Waals surface area contributed by atoms with E-state index in [1.54, 1.807) is 11.9 Å². The summed E-state index contributed by atoms with van der Waals surface area (Å²) >= 11 is 0. The summed E-state index contributed by atoms with van der Waals surface area (Å²) < 4.78 is 5.66. The summed E-state index contributed by atoms with van der Waals surface area (Å²) in [6.45, 7) is 2.38. The highest BCUT2D eigenvalue weighted by molar-refractivity contribution is 5.88. The summed E-state index contributed by atoms with van der Waals surface area (Å²) in [7, 11) is 1.74. The van der Waals surface area contributed by atoms with E-state index in [4.69, 9.17) is 10.5 Å². The Morgan fingerprint density at radius 3 is 2.70 bits per heavy atom. The molecule has 4 nitrogen and oxygen atoms in total. The molecule has 0 aliphatic heterocycles. The van der Waals surface area contributed by atoms with Gasteiger partial charge in [0.15, 0.2) is 6.61 Å². The standard InChI is InChI=1S/C16H20N2O2/c1-12(10-17)18(2)16(19)11-20-15-9-5-7-13-6-3-4-8-14(13)15/h3-9,12H,10-11,17H2,1-2H3. The van der Waals surface area contributed by atoms with Crippen LogP contribution in [0.5, 0.6) is 5.75 Å². The Morgan fingerprint density at radius 1 is 1.25 bits per heavy atom. The number of ether oxygens (including phenoxy) is 1. The second-order valence-corrected chi connectivity index (χ2v) is 4.86. The SMILES string of the molecule is CC(CN)N(C)C(=O)COc1cccc2ccccc12. The molecule has 1 atom stereocenters. The predicted molar refractivity (Wildman–Crippen MR) is 80.7 cm³/mol. The van der Waals surface area contributed by atoms with Crippen molar-refractivity contribution in [2.75, 3.05) is 20.2 Å². The molecular weight excluding hydrogens is 252 g/mol. The third kappa shape index (κ3) is 3.08. The molecule has 2 aromatic carbocycles. The molecule has 0 aliphatic carbocycles. The number of fused-ring (bicyclic) bond motifs is 1. The van der Waals surface area contributed by atoms with Gasteiger partial charge in [0.2, 0.25) is 0 Å². The molecule has 2 aromatic rings. The molecule has 0 bridgehead atoms. The summed E-state index contributed by atoms with van der Waals surface area (Å²) in [5, 5.41) is 2.11. The summed E-state index contributed by atoms with van der Waals surface area (Å²) in [4.78, 5) is 13.6. The van der Waals surface area contributed by atoms with Gasteiger partial charge in [-0.1, -0.05) is 36.4 Å². The number of rotatable bonds is 5. The minimum Gasteiger partial charge on any atom is -0.483 e. The second-order valence-electron chi connectivity index (χ2n) is 4.86. The van der Waals surface area contributed by atoms with Crippen molar-refractivity contribution < 1.29 is 9.53 Å². The number of hydrogen-bond donors (Lipinski definition) is 1. The zero-order valence-corrected chi connectivity index (χ0v) is 11.9. The lowest BCUT2D eigenvalue weighted by molar-refractivity contribution is -0.133. The Balaban J connectivity index is 2.08. The van der Waals surface area contributed by atoms with Gasteiger partial charge in [0.05, 0.1) is 0 Å². The van der Waals surface area contributed by atoms with Crippen molar-refractivity contribution in [1.29, 1.82) is 0 Å². The second kappa shape index (κ2) is 6.39. The van der Waals surface area contributed by atoms with Crippen LogP contribution in [-0.4, -0.2) is 37.0 Å². The third-order valence-electron chi connectivity index (χ3n) is 3.50. The van der Waals surface area contributed by atoms with Crippen molar-refractivity contribution in [3.8, 4) is 5.75 Å². The molecule has 0 spiro atoms. The number of amides is 1. The van der Waals surface area contributed by atoms with E-state index in [9.17, 15) is 4.79 Å². The van der Waals surface area contributed by atoms with Crippen LogP contribution < -0.4 is 10.5 Å². The predicted octanol–water partition coefficient (Wildman–Crippen LogP) is 2.02. The molecule has 2 N–H and O–H groups in total. The van der Waals surface area contributed by atoms with Crippen LogP contribution in [0.1, 0.15) is 6.92 Å². The van der Waals surface area contributed by atoms with E-state index < -0.39 is 0 Å². The van der Waals surface area contributed by atoms with Crippen LogP contribution >= 0.6 is 0 Å². The average molecular weight is 272 g/mol. The summed E-state index contributed by atoms with van der Waals surface area (Å²) in [6.07, 6.45) is 0. The fourth-order valence-electron chi connectivity index (χ4n) is 1.97. The Bertz CT molecular complexity index is 593. The molecular formula is C16H20N2O2. The Labute approximate surface area is 119 Å². The number of carbonyl (C=O) groups excluding carboxylic acids is 1. The molecule has 106 valence electrons. The zero-order valence-electron chi connectivity index (χ0n) is 11.9. The summed E-state index contributed by atoms with van der Waals surface area (Å²) in [5.74, 6) is 0.654. The molecule has 0 aromatic heterocycles. The van der Waals surface area contributed by atoms with E-state index in [1.165, 1.54) is 0 Å². The van der Waals surface area contributed by atoms with Crippen molar-refractivity contribution in [3.05, 3.63) is 42.5 Å². The molecule has 0 heterocycles. The van der Waals surface area contributed by atoms with Gasteiger partial charge in [0.1, 0.15) is 5.75 Å². The lowest BCUT2D eigenvalue weighted by atomic mass is 10.1. The summed E-state index contributed by atoms with van der Waals surface area (Å²) in [5.41, 5.74) is 5.56. The van der Waals surface area contributed by atoms with Crippen LogP contribution in [0.15, 0.2) is 42.5 Å². The average Bonchev–Trinajstić information content (AvgIpc) is 2.50. The van der Waals surface area contributed by atoms with E-state index in [0.717, 1.165) is 16.5 Å². The smallest absolute Gasteiger partial charge is 0.260 e. The lowest BCUT2D eigenvalue weighted by Crippen LogP contribution is -2.42. The zero-order chi connectivity index (χ0) is 14.5. The topological polar surface area (TPSA) is 55.6 Å². The minimum atomic E-state index is -0.0733. The van der Waals surface area contributed by atoms with Crippen LogP contribution in [0.2, 0.25) is 0 Å². The van der Waals surface area contributed by atoms with E-state index in [2.05, 4.69) is 0 Å². The Kier molecular flexibility index (Phi) is 4.58. The summed E-state index contributed by atoms with van der Waals surface area (Å²) in [6, 6.07) is 13.8. The first-order valence-corrected chi connectivity index (χ1v) is 6.69. The highest BCUT2D eigenvalue weighted by atomic mass is 16.5. The fraction of sp³-hybridized carbons (Fsp3) is 0.312. The highest BCUT2D eigenvalue weighted by Gasteiger charge is 2.15. The largest absolute Gasteiger partial charge is 0.483 e. The fourth-order valence-corrected chi connectivity index (χ4v) is 1.97. The Morgan fingerprint density at radius 2 is 1.95 bits per heavy atom. The van der Waals surface area contributed by atoms with Crippen LogP contribution in [0, 0.1) is 0 Å². The molecule has 1 unspecified atom stereocenters. The number of nitrogens with two attached hydrogens (primary N) is 1. The van der Waals surface area contributed by atoms with Gasteiger partial charge in [0.25, 0.3) is 5.91 Å². The van der Waals surface area contributed by atoms with Crippen LogP contribution in [0.4, 0.5) is 0 Å². The van der Waals surface area contributed by atoms with Gasteiger partial charge in [-0.25, -0.2) is 0 Å². The van der Waals surface area contributed by atoms with Gasteiger partial charge in [-0.3, -0.25) is 4.79 Å². The van der Waals surface area contributed by atoms with E-state index >= 15 is 0 Å². The number of carbonyl (C=O) groups is 1. The third-order valence-corrected chi connectivity index (χ3v) is 3.50. The molecule has 0 aliphatic rings. The van der Waals surface area contributed by atoms with Crippen molar-refractivity contribution >= 4 is 16.7 Å². The first-order valence-electron chi connectivity index (χ1n) is 6.69. The van der Waals surface area contributed by atoms with E-state index in [0.29, 0.717) is 6.54 Å². The van der Waals surface area contributed by atoms with E-state index in [-0.39, 0.29) is 18.6 Å². The molecule has 0 saturated heterocycles. The molecule has 2 rings (SSSR count). The first-order chi connectivity index (χ1) is 9.63. The molecule has 0 saturated carbocycles. The van der Waals surface area contributed by atoms with Gasteiger partial charge in [0, 0.05) is 25.0 Å². The van der Waals surface area contributed by atoms with Crippen molar-refractivity contribution in [3.63, 3.8) is 0 Å². The highest BCUT2D eigenvalue weighted by Crippen LogP contribution is 2.25. The van der Waals surface area contributed by atoms with Crippen molar-refractivity contribution in [2.24, 2.45) is 5.73 Å². The monoisotopic (exact) mass is 272 g/mol. The van der Waals surface area contributed by atoms with Crippen molar-refractivity contribution in [1.82, 2.24) is 4.90 Å². The maximum Gasteiger partial charge on any atom is 0.260 e. The van der Waals surface area contributed by atoms with E-state index in [1.807, 2.05) is 49.4 Å². The molecule has 0 radical (unpaired) electrons. The van der Waals surface area contributed by atoms with Crippen LogP contribution in [0.25, 0.3) is 10.8 Å². The maximum atomic E-state index is 12.0. The van der Waals surface area contributed by atoms with Crippen LogP contribution in [0.3, 0.4) is 0 Å². The van der Waals surface area contributed by atoms with Gasteiger partial charge >= 0.3 is 0 Å². The lowest BCUT2D eigenvalue weighted by Gasteiger charge is -2.23. The first kappa shape index (κ1) is 14.3.